The molecule has 0 saturated carbocycles. The molecule has 0 bridgehead atoms. The van der Waals surface area contributed by atoms with Gasteiger partial charge in [-0.2, -0.15) is 0 Å². The molecule has 0 saturated heterocycles. The van der Waals surface area contributed by atoms with Gasteiger partial charge in [-0.05, 0) is 42.7 Å². The highest BCUT2D eigenvalue weighted by atomic mass is 16.4. The Balaban J connectivity index is 2.23. The predicted octanol–water partition coefficient (Wildman–Crippen LogP) is 2.86. The minimum absolute atomic E-state index is 0.394. The number of carboxylic acids is 1. The molecule has 1 amide bonds. The highest BCUT2D eigenvalue weighted by molar-refractivity contribution is 5.97. The Morgan fingerprint density at radius 3 is 2.24 bits per heavy atom. The molecule has 4 heteroatoms. The number of rotatable bonds is 4. The van der Waals surface area contributed by atoms with Gasteiger partial charge in [-0.1, -0.05) is 36.4 Å². The number of benzene rings is 2. The summed E-state index contributed by atoms with van der Waals surface area (Å²) in [6, 6.07) is 12.9. The van der Waals surface area contributed by atoms with Gasteiger partial charge in [-0.3, -0.25) is 4.79 Å². The standard InChI is InChI=1S/C17H17NO3/c1-11-8-9-14(10-12(11)2)16(19)18-15(17(20)21)13-6-4-3-5-7-13/h3-10,15H,1-2H3,(H,18,19)(H,20,21)/t15-/m0/s1. The predicted molar refractivity (Wildman–Crippen MR) is 80.2 cm³/mol. The van der Waals surface area contributed by atoms with E-state index in [2.05, 4.69) is 5.32 Å². The van der Waals surface area contributed by atoms with Gasteiger partial charge in [0.15, 0.2) is 6.04 Å². The van der Waals surface area contributed by atoms with E-state index in [1.54, 1.807) is 42.5 Å². The van der Waals surface area contributed by atoms with E-state index in [-0.39, 0.29) is 0 Å². The molecule has 108 valence electrons. The average Bonchev–Trinajstić information content (AvgIpc) is 2.48. The lowest BCUT2D eigenvalue weighted by Gasteiger charge is -2.15. The van der Waals surface area contributed by atoms with Crippen molar-refractivity contribution in [2.45, 2.75) is 19.9 Å². The molecule has 0 aliphatic rings. The Kier molecular flexibility index (Phi) is 4.38. The maximum atomic E-state index is 12.2. The molecular formula is C17H17NO3. The summed E-state index contributed by atoms with van der Waals surface area (Å²) in [6.07, 6.45) is 0. The van der Waals surface area contributed by atoms with Crippen LogP contribution in [-0.4, -0.2) is 17.0 Å². The van der Waals surface area contributed by atoms with Crippen molar-refractivity contribution in [1.82, 2.24) is 5.32 Å². The monoisotopic (exact) mass is 283 g/mol. The van der Waals surface area contributed by atoms with Crippen LogP contribution >= 0.6 is 0 Å². The van der Waals surface area contributed by atoms with Gasteiger partial charge in [0.25, 0.3) is 5.91 Å². The van der Waals surface area contributed by atoms with Crippen molar-refractivity contribution in [1.29, 1.82) is 0 Å². The largest absolute Gasteiger partial charge is 0.479 e. The van der Waals surface area contributed by atoms with Crippen molar-refractivity contribution in [2.75, 3.05) is 0 Å². The van der Waals surface area contributed by atoms with Gasteiger partial charge < -0.3 is 10.4 Å². The van der Waals surface area contributed by atoms with E-state index in [9.17, 15) is 14.7 Å². The van der Waals surface area contributed by atoms with Crippen LogP contribution in [0.1, 0.15) is 33.1 Å². The van der Waals surface area contributed by atoms with Gasteiger partial charge in [0.05, 0.1) is 0 Å². The van der Waals surface area contributed by atoms with Gasteiger partial charge >= 0.3 is 5.97 Å². The summed E-state index contributed by atoms with van der Waals surface area (Å²) >= 11 is 0. The summed E-state index contributed by atoms with van der Waals surface area (Å²) in [4.78, 5) is 23.6. The molecule has 0 aliphatic carbocycles. The Hall–Kier alpha value is -2.62. The fraction of sp³-hybridized carbons (Fsp3) is 0.176. The van der Waals surface area contributed by atoms with Crippen molar-refractivity contribution in [3.63, 3.8) is 0 Å². The van der Waals surface area contributed by atoms with E-state index >= 15 is 0 Å². The highest BCUT2D eigenvalue weighted by Gasteiger charge is 2.22. The van der Waals surface area contributed by atoms with E-state index in [0.717, 1.165) is 11.1 Å². The summed E-state index contributed by atoms with van der Waals surface area (Å²) in [6.45, 7) is 3.87. The highest BCUT2D eigenvalue weighted by Crippen LogP contribution is 2.15. The van der Waals surface area contributed by atoms with Crippen LogP contribution in [0.15, 0.2) is 48.5 Å². The zero-order valence-corrected chi connectivity index (χ0v) is 12.0. The van der Waals surface area contributed by atoms with E-state index in [0.29, 0.717) is 11.1 Å². The molecule has 0 radical (unpaired) electrons. The Morgan fingerprint density at radius 2 is 1.67 bits per heavy atom. The molecule has 2 N–H and O–H groups in total. The quantitative estimate of drug-likeness (QED) is 0.906. The summed E-state index contributed by atoms with van der Waals surface area (Å²) < 4.78 is 0. The summed E-state index contributed by atoms with van der Waals surface area (Å²) in [5.41, 5.74) is 3.08. The maximum absolute atomic E-state index is 12.2. The van der Waals surface area contributed by atoms with E-state index in [1.807, 2.05) is 19.9 Å². The number of hydrogen-bond acceptors (Lipinski definition) is 2. The fourth-order valence-corrected chi connectivity index (χ4v) is 2.03. The third-order valence-corrected chi connectivity index (χ3v) is 3.42. The molecule has 0 heterocycles. The third kappa shape index (κ3) is 3.48. The zero-order valence-electron chi connectivity index (χ0n) is 12.0. The Morgan fingerprint density at radius 1 is 1.00 bits per heavy atom. The molecular weight excluding hydrogens is 266 g/mol. The van der Waals surface area contributed by atoms with Crippen molar-refractivity contribution >= 4 is 11.9 Å². The molecule has 4 nitrogen and oxygen atoms in total. The second-order valence-corrected chi connectivity index (χ2v) is 4.95. The molecule has 0 fully saturated rings. The van der Waals surface area contributed by atoms with E-state index in [1.165, 1.54) is 0 Å². The molecule has 2 aromatic carbocycles. The van der Waals surface area contributed by atoms with Crippen LogP contribution in [0.3, 0.4) is 0 Å². The molecule has 0 unspecified atom stereocenters. The first-order valence-corrected chi connectivity index (χ1v) is 6.65. The van der Waals surface area contributed by atoms with E-state index < -0.39 is 17.9 Å². The number of aryl methyl sites for hydroxylation is 2. The number of amides is 1. The smallest absolute Gasteiger partial charge is 0.330 e. The van der Waals surface area contributed by atoms with Crippen LogP contribution < -0.4 is 5.32 Å². The first-order valence-electron chi connectivity index (χ1n) is 6.65. The second-order valence-electron chi connectivity index (χ2n) is 4.95. The topological polar surface area (TPSA) is 66.4 Å². The molecule has 1 atom stereocenters. The molecule has 0 spiro atoms. The summed E-state index contributed by atoms with van der Waals surface area (Å²) in [5.74, 6) is -1.48. The Labute approximate surface area is 123 Å². The van der Waals surface area contributed by atoms with Crippen LogP contribution in [0.4, 0.5) is 0 Å². The number of nitrogens with one attached hydrogen (secondary N) is 1. The lowest BCUT2D eigenvalue weighted by molar-refractivity contribution is -0.139. The molecule has 0 aromatic heterocycles. The van der Waals surface area contributed by atoms with E-state index in [4.69, 9.17) is 0 Å². The first kappa shape index (κ1) is 14.8. The van der Waals surface area contributed by atoms with Crippen LogP contribution in [0.5, 0.6) is 0 Å². The summed E-state index contributed by atoms with van der Waals surface area (Å²) in [5, 5.41) is 11.9. The van der Waals surface area contributed by atoms with Crippen LogP contribution in [0.2, 0.25) is 0 Å². The van der Waals surface area contributed by atoms with Crippen LogP contribution in [0.25, 0.3) is 0 Å². The zero-order chi connectivity index (χ0) is 15.4. The van der Waals surface area contributed by atoms with Gasteiger partial charge in [-0.15, -0.1) is 0 Å². The number of hydrogen-bond donors (Lipinski definition) is 2. The molecule has 2 rings (SSSR count). The maximum Gasteiger partial charge on any atom is 0.330 e. The van der Waals surface area contributed by atoms with Gasteiger partial charge in [0.1, 0.15) is 0 Å². The number of carbonyl (C=O) groups is 2. The van der Waals surface area contributed by atoms with Crippen molar-refractivity contribution in [3.05, 3.63) is 70.8 Å². The van der Waals surface area contributed by atoms with Gasteiger partial charge in [0, 0.05) is 5.56 Å². The van der Waals surface area contributed by atoms with Gasteiger partial charge in [0.2, 0.25) is 0 Å². The third-order valence-electron chi connectivity index (χ3n) is 3.42. The van der Waals surface area contributed by atoms with Crippen LogP contribution in [0, 0.1) is 13.8 Å². The second kappa shape index (κ2) is 6.22. The fourth-order valence-electron chi connectivity index (χ4n) is 2.03. The minimum atomic E-state index is -1.08. The first-order chi connectivity index (χ1) is 9.99. The normalized spacial score (nSPS) is 11.7. The Bertz CT molecular complexity index is 665. The number of carboxylic acid groups (broad SMARTS) is 1. The SMILES string of the molecule is Cc1ccc(C(=O)N[C@H](C(=O)O)c2ccccc2)cc1C. The van der Waals surface area contributed by atoms with Crippen molar-refractivity contribution in [3.8, 4) is 0 Å². The van der Waals surface area contributed by atoms with Gasteiger partial charge in [-0.25, -0.2) is 4.79 Å². The lowest BCUT2D eigenvalue weighted by Crippen LogP contribution is -2.33. The number of aliphatic carboxylic acids is 1. The van der Waals surface area contributed by atoms with Crippen molar-refractivity contribution < 1.29 is 14.7 Å². The van der Waals surface area contributed by atoms with Crippen LogP contribution in [-0.2, 0) is 4.79 Å². The number of carbonyl (C=O) groups excluding carboxylic acids is 1. The molecule has 0 aliphatic heterocycles. The summed E-state index contributed by atoms with van der Waals surface area (Å²) in [7, 11) is 0. The average molecular weight is 283 g/mol. The van der Waals surface area contributed by atoms with Crippen molar-refractivity contribution in [2.24, 2.45) is 0 Å². The minimum Gasteiger partial charge on any atom is -0.479 e. The lowest BCUT2D eigenvalue weighted by atomic mass is 10.0. The molecule has 21 heavy (non-hydrogen) atoms. The molecule has 2 aromatic rings.